The van der Waals surface area contributed by atoms with Crippen molar-refractivity contribution < 1.29 is 46.7 Å². The Morgan fingerprint density at radius 3 is 1.69 bits per heavy atom. The Hall–Kier alpha value is -5.96. The van der Waals surface area contributed by atoms with Gasteiger partial charge in [0.05, 0.1) is 35.5 Å². The molecule has 4 N–H and O–H groups in total. The highest BCUT2D eigenvalue weighted by molar-refractivity contribution is 9.10. The van der Waals surface area contributed by atoms with Gasteiger partial charge >= 0.3 is 20.3 Å². The lowest BCUT2D eigenvalue weighted by Gasteiger charge is -2.45. The summed E-state index contributed by atoms with van der Waals surface area (Å²) in [6.45, 7) is -3.71. The fourth-order valence-electron chi connectivity index (χ4n) is 11.7. The SMILES string of the molecule is CC1=NC2(C(=O)N1C)c1cc(Br)ccc1CC21CCC(OC(F)F)CC1.CN1C(=O)C2(N=C1N)c1cc(-c3cccc(C#N)c3)ccc1CC21CCC(OC(F)F)CC1.N#Cc1cccc(B(O)O)c1. The molecule has 4 aromatic rings. The van der Waals surface area contributed by atoms with Crippen LogP contribution in [0.2, 0.25) is 0 Å². The zero-order valence-corrected chi connectivity index (χ0v) is 40.3. The number of halogens is 5. The van der Waals surface area contributed by atoms with E-state index in [-0.39, 0.29) is 23.2 Å². The first-order chi connectivity index (χ1) is 33.3. The van der Waals surface area contributed by atoms with E-state index >= 15 is 0 Å². The topological polar surface area (TPSA) is 198 Å². The summed E-state index contributed by atoms with van der Waals surface area (Å²) in [6.07, 6.45) is 4.66. The molecule has 6 aliphatic rings. The van der Waals surface area contributed by atoms with E-state index in [0.717, 1.165) is 44.3 Å². The van der Waals surface area contributed by atoms with Crippen molar-refractivity contribution in [2.24, 2.45) is 26.5 Å². The average Bonchev–Trinajstić information content (AvgIpc) is 3.94. The van der Waals surface area contributed by atoms with E-state index in [1.165, 1.54) is 11.0 Å². The van der Waals surface area contributed by atoms with Gasteiger partial charge in [-0.2, -0.15) is 28.1 Å². The quantitative estimate of drug-likeness (QED) is 0.130. The Labute approximate surface area is 411 Å². The van der Waals surface area contributed by atoms with Gasteiger partial charge < -0.3 is 30.2 Å². The maximum Gasteiger partial charge on any atom is 0.488 e. The van der Waals surface area contributed by atoms with Gasteiger partial charge in [-0.15, -0.1) is 0 Å². The van der Waals surface area contributed by atoms with Crippen molar-refractivity contribution in [3.63, 3.8) is 0 Å². The van der Waals surface area contributed by atoms with Crippen LogP contribution in [-0.4, -0.2) is 90.1 Å². The standard InChI is InChI=1S/C25H24F2N4O2.C19H21BrF2N2O2.C7H6BNO2/c1-31-21(32)25(30-23(31)29)20-12-17(16-4-2-3-15(11-16)14-28)5-6-18(20)13-24(25)9-7-19(8-10-24)33-22(26)27;1-11-23-19(16(25)24(11)2)15-9-13(20)4-3-12(15)10-18(19)7-5-14(6-8-18)26-17(21)22;9-5-6-2-1-3-7(4-6)8(10)11/h2-6,11-12,19,22H,7-10,13H2,1H3,(H2,29,30);3-4,9,14,17H,5-8,10H2,1-2H3;1-4,10-11H. The molecule has 4 aromatic carbocycles. The van der Waals surface area contributed by atoms with Crippen LogP contribution in [0, 0.1) is 33.5 Å². The highest BCUT2D eigenvalue weighted by Gasteiger charge is 2.67. The molecule has 4 spiro atoms. The maximum atomic E-state index is 13.7. The summed E-state index contributed by atoms with van der Waals surface area (Å²) >= 11 is 3.52. The largest absolute Gasteiger partial charge is 0.488 e. The zero-order chi connectivity index (χ0) is 50.3. The number of guanidine groups is 1. The van der Waals surface area contributed by atoms with Crippen LogP contribution in [0.5, 0.6) is 0 Å². The zero-order valence-electron chi connectivity index (χ0n) is 38.7. The average molecular weight is 1020 g/mol. The van der Waals surface area contributed by atoms with Crippen molar-refractivity contribution in [2.75, 3.05) is 14.1 Å². The molecule has 2 unspecified atom stereocenters. The second-order valence-electron chi connectivity index (χ2n) is 18.9. The molecule has 2 heterocycles. The molecule has 19 heteroatoms. The molecule has 2 atom stereocenters. The van der Waals surface area contributed by atoms with E-state index in [2.05, 4.69) is 22.0 Å². The van der Waals surface area contributed by atoms with Gasteiger partial charge in [-0.05, 0) is 152 Å². The smallest absolute Gasteiger partial charge is 0.423 e. The monoisotopic (exact) mass is 1020 g/mol. The minimum Gasteiger partial charge on any atom is -0.423 e. The predicted molar refractivity (Wildman–Crippen MR) is 256 cm³/mol. The van der Waals surface area contributed by atoms with Crippen LogP contribution in [0.4, 0.5) is 17.6 Å². The number of fused-ring (bicyclic) bond motifs is 6. The molecule has 2 amide bonds. The second-order valence-corrected chi connectivity index (χ2v) is 19.8. The van der Waals surface area contributed by atoms with E-state index in [4.69, 9.17) is 40.5 Å². The number of hydrogen-bond donors (Lipinski definition) is 3. The van der Waals surface area contributed by atoms with Crippen LogP contribution >= 0.6 is 15.9 Å². The number of benzene rings is 4. The van der Waals surface area contributed by atoms with Gasteiger partial charge in [0, 0.05) is 29.4 Å². The van der Waals surface area contributed by atoms with Gasteiger partial charge in [-0.25, -0.2) is 4.99 Å². The lowest BCUT2D eigenvalue weighted by atomic mass is 9.61. The number of nitrogens with two attached hydrogens (primary N) is 1. The van der Waals surface area contributed by atoms with Crippen molar-refractivity contribution in [1.82, 2.24) is 9.80 Å². The first kappa shape index (κ1) is 50.4. The van der Waals surface area contributed by atoms with Gasteiger partial charge in [0.25, 0.3) is 11.8 Å². The number of rotatable bonds is 6. The molecule has 10 rings (SSSR count). The molecule has 2 fully saturated rings. The molecule has 4 aliphatic carbocycles. The van der Waals surface area contributed by atoms with Crippen molar-refractivity contribution in [3.8, 4) is 23.3 Å². The van der Waals surface area contributed by atoms with Gasteiger partial charge in [0.2, 0.25) is 0 Å². The Bertz CT molecular complexity index is 2840. The molecule has 0 aromatic heterocycles. The molecule has 70 heavy (non-hydrogen) atoms. The van der Waals surface area contributed by atoms with Crippen molar-refractivity contribution in [3.05, 3.63) is 123 Å². The lowest BCUT2D eigenvalue weighted by molar-refractivity contribution is -0.179. The Kier molecular flexibility index (Phi) is 14.2. The first-order valence-electron chi connectivity index (χ1n) is 23.0. The number of carbonyl (C=O) groups is 2. The highest BCUT2D eigenvalue weighted by Crippen LogP contribution is 2.64. The van der Waals surface area contributed by atoms with Crippen molar-refractivity contribution in [2.45, 2.75) is 108 Å². The normalized spacial score (nSPS) is 27.2. The van der Waals surface area contributed by atoms with Crippen molar-refractivity contribution in [1.29, 1.82) is 10.5 Å². The molecule has 364 valence electrons. The number of hydrogen-bond acceptors (Lipinski definition) is 11. The van der Waals surface area contributed by atoms with Gasteiger partial charge in [-0.1, -0.05) is 58.4 Å². The van der Waals surface area contributed by atoms with Crippen LogP contribution in [0.3, 0.4) is 0 Å². The van der Waals surface area contributed by atoms with Crippen LogP contribution < -0.4 is 11.2 Å². The molecule has 13 nitrogen and oxygen atoms in total. The van der Waals surface area contributed by atoms with Crippen LogP contribution in [0.1, 0.15) is 91.7 Å². The van der Waals surface area contributed by atoms with Gasteiger partial charge in [-0.3, -0.25) is 19.5 Å². The molecule has 0 saturated heterocycles. The summed E-state index contributed by atoms with van der Waals surface area (Å²) < 4.78 is 61.2. The molecular formula is C51H51BBrF4N7O6. The number of likely N-dealkylation sites (N-methyl/N-ethyl adjacent to an activating group) is 2. The number of alkyl halides is 4. The Morgan fingerprint density at radius 1 is 0.714 bits per heavy atom. The molecular weight excluding hydrogens is 973 g/mol. The fraction of sp³-hybridized carbons (Fsp3) is 0.412. The third-order valence-electron chi connectivity index (χ3n) is 15.2. The first-order valence-corrected chi connectivity index (χ1v) is 23.8. The van der Waals surface area contributed by atoms with Crippen molar-refractivity contribution >= 4 is 52.1 Å². The van der Waals surface area contributed by atoms with Crippen LogP contribution in [-0.2, 0) is 43.0 Å². The molecule has 2 saturated carbocycles. The molecule has 2 aliphatic heterocycles. The number of carbonyl (C=O) groups excluding carboxylic acids is 2. The summed E-state index contributed by atoms with van der Waals surface area (Å²) in [5.41, 5.74) is 10.1. The number of aliphatic imine (C=N–C) groups is 2. The van der Waals surface area contributed by atoms with Crippen LogP contribution in [0.25, 0.3) is 11.1 Å². The van der Waals surface area contributed by atoms with E-state index < -0.39 is 49.0 Å². The summed E-state index contributed by atoms with van der Waals surface area (Å²) in [5, 5.41) is 35.1. The number of nitriles is 2. The summed E-state index contributed by atoms with van der Waals surface area (Å²) in [6, 6.07) is 29.6. The fourth-order valence-corrected chi connectivity index (χ4v) is 12.1. The van der Waals surface area contributed by atoms with Gasteiger partial charge in [0.15, 0.2) is 17.0 Å². The minimum absolute atomic E-state index is 0.0138. The van der Waals surface area contributed by atoms with E-state index in [0.29, 0.717) is 80.2 Å². The molecule has 0 radical (unpaired) electrons. The number of ether oxygens (including phenoxy) is 2. The van der Waals surface area contributed by atoms with Gasteiger partial charge in [0.1, 0.15) is 5.84 Å². The van der Waals surface area contributed by atoms with E-state index in [9.17, 15) is 32.4 Å². The Balaban J connectivity index is 0.000000158. The van der Waals surface area contributed by atoms with Crippen LogP contribution in [0.15, 0.2) is 99.4 Å². The lowest BCUT2D eigenvalue weighted by Crippen LogP contribution is -2.51. The summed E-state index contributed by atoms with van der Waals surface area (Å²) in [4.78, 5) is 39.8. The third-order valence-corrected chi connectivity index (χ3v) is 15.7. The third kappa shape index (κ3) is 8.81. The predicted octanol–water partition coefficient (Wildman–Crippen LogP) is 7.43. The highest BCUT2D eigenvalue weighted by atomic mass is 79.9. The maximum absolute atomic E-state index is 13.7. The minimum atomic E-state index is -2.81. The summed E-state index contributed by atoms with van der Waals surface area (Å²) in [5.74, 6) is 0.665. The van der Waals surface area contributed by atoms with E-state index in [1.54, 1.807) is 43.3 Å². The molecule has 0 bridgehead atoms. The van der Waals surface area contributed by atoms with E-state index in [1.807, 2.05) is 67.6 Å². The second kappa shape index (κ2) is 19.7. The summed E-state index contributed by atoms with van der Waals surface area (Å²) in [7, 11) is 1.88. The number of amidine groups is 1. The Morgan fingerprint density at radius 2 is 1.20 bits per heavy atom. The number of amides is 2. The number of nitrogens with zero attached hydrogens (tertiary/aromatic N) is 6.